The quantitative estimate of drug-likeness (QED) is 0.798. The summed E-state index contributed by atoms with van der Waals surface area (Å²) in [5, 5.41) is 0. The Morgan fingerprint density at radius 3 is 1.54 bits per heavy atom. The summed E-state index contributed by atoms with van der Waals surface area (Å²) in [7, 11) is 0. The molecule has 2 aliphatic carbocycles. The van der Waals surface area contributed by atoms with Crippen LogP contribution in [0.3, 0.4) is 0 Å². The molecule has 4 rings (SSSR count). The minimum absolute atomic E-state index is 0.107. The van der Waals surface area contributed by atoms with Gasteiger partial charge in [-0.3, -0.25) is 4.79 Å². The number of benzene rings is 2. The molecule has 0 heterocycles. The molecule has 1 fully saturated rings. The van der Waals surface area contributed by atoms with E-state index < -0.39 is 0 Å². The summed E-state index contributed by atoms with van der Waals surface area (Å²) in [6.07, 6.45) is 1.76. The first-order valence-electron chi connectivity index (χ1n) is 8.44. The van der Waals surface area contributed by atoms with Crippen LogP contribution >= 0.6 is 0 Å². The summed E-state index contributed by atoms with van der Waals surface area (Å²) >= 11 is 0. The van der Waals surface area contributed by atoms with Gasteiger partial charge >= 0.3 is 0 Å². The maximum atomic E-state index is 12.4. The predicted octanol–water partition coefficient (Wildman–Crippen LogP) is 4.24. The number of carbonyl (C=O) groups excluding carboxylic acids is 1. The third kappa shape index (κ3) is 2.82. The van der Waals surface area contributed by atoms with Gasteiger partial charge in [-0.2, -0.15) is 0 Å². The number of hydrogen-bond acceptors (Lipinski definition) is 3. The van der Waals surface area contributed by atoms with Crippen molar-refractivity contribution in [1.29, 1.82) is 0 Å². The molecule has 0 radical (unpaired) electrons. The summed E-state index contributed by atoms with van der Waals surface area (Å²) in [5.74, 6) is 1.57. The molecule has 0 N–H and O–H groups in total. The number of hydrogen-bond donors (Lipinski definition) is 0. The topological polar surface area (TPSA) is 35.5 Å². The lowest BCUT2D eigenvalue weighted by Gasteiger charge is -2.19. The third-order valence-corrected chi connectivity index (χ3v) is 4.78. The Hall–Kier alpha value is -2.55. The predicted molar refractivity (Wildman–Crippen MR) is 90.7 cm³/mol. The maximum Gasteiger partial charge on any atom is 0.154 e. The van der Waals surface area contributed by atoms with E-state index in [0.29, 0.717) is 13.2 Å². The van der Waals surface area contributed by atoms with Gasteiger partial charge in [0.15, 0.2) is 5.78 Å². The lowest BCUT2D eigenvalue weighted by Crippen LogP contribution is -2.09. The molecule has 24 heavy (non-hydrogen) atoms. The van der Waals surface area contributed by atoms with Crippen LogP contribution in [-0.2, 0) is 27.5 Å². The van der Waals surface area contributed by atoms with Gasteiger partial charge in [0.1, 0.15) is 24.7 Å². The molecule has 3 nitrogen and oxygen atoms in total. The summed E-state index contributed by atoms with van der Waals surface area (Å²) in [5.41, 5.74) is 2.20. The molecule has 0 unspecified atom stereocenters. The molecule has 2 bridgehead atoms. The van der Waals surface area contributed by atoms with Crippen LogP contribution in [-0.4, -0.2) is 5.78 Å². The van der Waals surface area contributed by atoms with E-state index in [2.05, 4.69) is 0 Å². The van der Waals surface area contributed by atoms with E-state index in [1.807, 2.05) is 60.7 Å². The van der Waals surface area contributed by atoms with Gasteiger partial charge in [-0.15, -0.1) is 0 Å². The largest absolute Gasteiger partial charge is 0.489 e. The highest BCUT2D eigenvalue weighted by Gasteiger charge is 2.49. The molecule has 0 aliphatic heterocycles. The van der Waals surface area contributed by atoms with Crippen LogP contribution in [0.5, 0.6) is 0 Å². The molecular formula is C21H20O3. The minimum atomic E-state index is -0.107. The summed E-state index contributed by atoms with van der Waals surface area (Å²) in [6.45, 7) is 0.954. The first-order chi connectivity index (χ1) is 11.8. The average Bonchev–Trinajstić information content (AvgIpc) is 3.12. The van der Waals surface area contributed by atoms with Crippen molar-refractivity contribution in [2.45, 2.75) is 26.1 Å². The van der Waals surface area contributed by atoms with Crippen LogP contribution in [0.4, 0.5) is 0 Å². The summed E-state index contributed by atoms with van der Waals surface area (Å²) < 4.78 is 12.1. The highest BCUT2D eigenvalue weighted by atomic mass is 16.5. The molecule has 3 heteroatoms. The lowest BCUT2D eigenvalue weighted by molar-refractivity contribution is -0.122. The Balaban J connectivity index is 1.50. The Morgan fingerprint density at radius 2 is 1.12 bits per heavy atom. The van der Waals surface area contributed by atoms with Crippen LogP contribution in [0.25, 0.3) is 0 Å². The van der Waals surface area contributed by atoms with Gasteiger partial charge in [0.05, 0.1) is 11.8 Å². The molecule has 2 aromatic rings. The van der Waals surface area contributed by atoms with E-state index >= 15 is 0 Å². The van der Waals surface area contributed by atoms with Crippen molar-refractivity contribution in [1.82, 2.24) is 0 Å². The number of allylic oxidation sites excluding steroid dienone is 2. The van der Waals surface area contributed by atoms with E-state index in [0.717, 1.165) is 35.5 Å². The number of Topliss-reactive ketones (excluding diaryl/α,β-unsaturated/α-hetero) is 1. The van der Waals surface area contributed by atoms with Crippen molar-refractivity contribution in [3.8, 4) is 0 Å². The lowest BCUT2D eigenvalue weighted by atomic mass is 10.0. The fourth-order valence-corrected chi connectivity index (χ4v) is 3.54. The number of fused-ring (bicyclic) bond motifs is 2. The molecule has 0 amide bonds. The van der Waals surface area contributed by atoms with Crippen LogP contribution in [0.15, 0.2) is 72.2 Å². The minimum Gasteiger partial charge on any atom is -0.489 e. The van der Waals surface area contributed by atoms with E-state index in [9.17, 15) is 4.79 Å². The molecule has 122 valence electrons. The first-order valence-corrected chi connectivity index (χ1v) is 8.44. The third-order valence-electron chi connectivity index (χ3n) is 4.78. The second kappa shape index (κ2) is 6.52. The van der Waals surface area contributed by atoms with E-state index in [-0.39, 0.29) is 17.6 Å². The number of ether oxygens (including phenoxy) is 2. The van der Waals surface area contributed by atoms with Crippen molar-refractivity contribution in [2.75, 3.05) is 0 Å². The van der Waals surface area contributed by atoms with Crippen molar-refractivity contribution in [2.24, 2.45) is 11.8 Å². The fourth-order valence-electron chi connectivity index (χ4n) is 3.54. The highest BCUT2D eigenvalue weighted by Crippen LogP contribution is 2.47. The maximum absolute atomic E-state index is 12.4. The van der Waals surface area contributed by atoms with E-state index in [4.69, 9.17) is 9.47 Å². The van der Waals surface area contributed by atoms with Gasteiger partial charge < -0.3 is 9.47 Å². The molecule has 0 aromatic heterocycles. The monoisotopic (exact) mass is 320 g/mol. The van der Waals surface area contributed by atoms with Crippen LogP contribution in [0.2, 0.25) is 0 Å². The van der Waals surface area contributed by atoms with Gasteiger partial charge in [0.25, 0.3) is 0 Å². The Labute approximate surface area is 141 Å². The number of ketones is 1. The van der Waals surface area contributed by atoms with Gasteiger partial charge in [0, 0.05) is 0 Å². The van der Waals surface area contributed by atoms with E-state index in [1.165, 1.54) is 0 Å². The van der Waals surface area contributed by atoms with Crippen LogP contribution in [0.1, 0.15) is 24.0 Å². The Kier molecular flexibility index (Phi) is 4.08. The molecule has 2 aromatic carbocycles. The SMILES string of the molecule is O=C1[C@H]2CC[C@@H]1C(OCc1ccccc1)=C2OCc1ccccc1. The molecule has 1 saturated carbocycles. The van der Waals surface area contributed by atoms with Crippen LogP contribution < -0.4 is 0 Å². The van der Waals surface area contributed by atoms with Crippen LogP contribution in [0, 0.1) is 11.8 Å². The Morgan fingerprint density at radius 1 is 0.708 bits per heavy atom. The van der Waals surface area contributed by atoms with Gasteiger partial charge in [0.2, 0.25) is 0 Å². The first kappa shape index (κ1) is 15.0. The van der Waals surface area contributed by atoms with Gasteiger partial charge in [-0.05, 0) is 24.0 Å². The second-order valence-electron chi connectivity index (χ2n) is 6.36. The average molecular weight is 320 g/mol. The standard InChI is InChI=1S/C21H20O3/c22-19-17-11-12-18(19)21(24-14-16-9-5-2-6-10-16)20(17)23-13-15-7-3-1-4-8-15/h1-10,17-18H,11-14H2/t17-,18+. The molecule has 2 aliphatic rings. The highest BCUT2D eigenvalue weighted by molar-refractivity contribution is 5.93. The smallest absolute Gasteiger partial charge is 0.154 e. The summed E-state index contributed by atoms with van der Waals surface area (Å²) in [6, 6.07) is 20.0. The number of rotatable bonds is 6. The molecule has 0 spiro atoms. The number of carbonyl (C=O) groups is 1. The van der Waals surface area contributed by atoms with Gasteiger partial charge in [-0.25, -0.2) is 0 Å². The van der Waals surface area contributed by atoms with Crippen molar-refractivity contribution < 1.29 is 14.3 Å². The normalized spacial score (nSPS) is 22.1. The molecular weight excluding hydrogens is 300 g/mol. The zero-order valence-electron chi connectivity index (χ0n) is 13.5. The van der Waals surface area contributed by atoms with Crippen molar-refractivity contribution in [3.63, 3.8) is 0 Å². The van der Waals surface area contributed by atoms with Crippen molar-refractivity contribution in [3.05, 3.63) is 83.3 Å². The van der Waals surface area contributed by atoms with Crippen molar-refractivity contribution >= 4 is 5.78 Å². The Bertz CT molecular complexity index is 686. The zero-order valence-corrected chi connectivity index (χ0v) is 13.5. The zero-order chi connectivity index (χ0) is 16.4. The second-order valence-corrected chi connectivity index (χ2v) is 6.36. The van der Waals surface area contributed by atoms with Gasteiger partial charge in [-0.1, -0.05) is 60.7 Å². The molecule has 2 atom stereocenters. The fraction of sp³-hybridized carbons (Fsp3) is 0.286. The van der Waals surface area contributed by atoms with E-state index in [1.54, 1.807) is 0 Å². The summed E-state index contributed by atoms with van der Waals surface area (Å²) in [4.78, 5) is 12.4. The molecule has 0 saturated heterocycles.